The number of benzene rings is 2. The molecule has 1 amide bonds. The molecule has 2 aromatic carbocycles. The fraction of sp³-hybridized carbons (Fsp3) is 0.188. The average molecular weight is 332 g/mol. The van der Waals surface area contributed by atoms with E-state index in [1.165, 1.54) is 12.1 Å². The van der Waals surface area contributed by atoms with E-state index in [1.54, 1.807) is 36.4 Å². The molecule has 1 unspecified atom stereocenters. The maximum absolute atomic E-state index is 12.1. The zero-order valence-electron chi connectivity index (χ0n) is 12.2. The van der Waals surface area contributed by atoms with Crippen LogP contribution in [0.2, 0.25) is 0 Å². The number of anilines is 1. The highest BCUT2D eigenvalue weighted by Gasteiger charge is 2.27. The monoisotopic (exact) mass is 332 g/mol. The van der Waals surface area contributed by atoms with Crippen LogP contribution in [0.3, 0.4) is 0 Å². The number of ether oxygens (including phenoxy) is 1. The minimum absolute atomic E-state index is 0.109. The van der Waals surface area contributed by atoms with Gasteiger partial charge in [0.05, 0.1) is 10.6 Å². The third kappa shape index (κ3) is 3.52. The van der Waals surface area contributed by atoms with Crippen molar-refractivity contribution in [2.24, 2.45) is 0 Å². The van der Waals surface area contributed by atoms with Crippen molar-refractivity contribution in [2.45, 2.75) is 17.4 Å². The maximum Gasteiger partial charge on any atom is 0.265 e. The van der Waals surface area contributed by atoms with Crippen LogP contribution in [0.25, 0.3) is 0 Å². The molecule has 0 saturated carbocycles. The fourth-order valence-corrected chi connectivity index (χ4v) is 3.36. The molecule has 1 atom stereocenters. The van der Waals surface area contributed by atoms with Gasteiger partial charge in [0, 0.05) is 13.0 Å². The first-order valence-electron chi connectivity index (χ1n) is 7.17. The van der Waals surface area contributed by atoms with Crippen molar-refractivity contribution in [2.75, 3.05) is 11.9 Å². The van der Waals surface area contributed by atoms with Crippen molar-refractivity contribution in [1.82, 2.24) is 4.72 Å². The lowest BCUT2D eigenvalue weighted by Crippen LogP contribution is -2.39. The molecule has 0 spiro atoms. The van der Waals surface area contributed by atoms with Gasteiger partial charge >= 0.3 is 0 Å². The molecule has 1 aliphatic rings. The summed E-state index contributed by atoms with van der Waals surface area (Å²) in [7, 11) is -3.58. The minimum Gasteiger partial charge on any atom is -0.478 e. The summed E-state index contributed by atoms with van der Waals surface area (Å²) in [5.74, 6) is 0.311. The van der Waals surface area contributed by atoms with E-state index in [9.17, 15) is 13.2 Å². The Morgan fingerprint density at radius 2 is 1.74 bits per heavy atom. The second-order valence-corrected chi connectivity index (χ2v) is 6.86. The number of amides is 1. The number of carbonyl (C=O) groups is 1. The van der Waals surface area contributed by atoms with Crippen molar-refractivity contribution in [3.8, 4) is 5.75 Å². The second-order valence-electron chi connectivity index (χ2n) is 5.09. The zero-order chi connectivity index (χ0) is 16.3. The van der Waals surface area contributed by atoms with Gasteiger partial charge in [-0.2, -0.15) is 0 Å². The fourth-order valence-electron chi connectivity index (χ4n) is 2.29. The van der Waals surface area contributed by atoms with E-state index in [0.717, 1.165) is 0 Å². The normalized spacial score (nSPS) is 17.0. The summed E-state index contributed by atoms with van der Waals surface area (Å²) in [5.41, 5.74) is 0.624. The molecule has 0 radical (unpaired) electrons. The Hall–Kier alpha value is -2.38. The zero-order valence-corrected chi connectivity index (χ0v) is 13.0. The van der Waals surface area contributed by atoms with Gasteiger partial charge in [0.1, 0.15) is 5.75 Å². The molecule has 0 fully saturated rings. The molecule has 0 aliphatic carbocycles. The van der Waals surface area contributed by atoms with Crippen LogP contribution in [0.4, 0.5) is 5.69 Å². The number of carbonyl (C=O) groups excluding carboxylic acids is 1. The lowest BCUT2D eigenvalue weighted by atomic mass is 10.2. The largest absolute Gasteiger partial charge is 0.478 e. The molecule has 6 nitrogen and oxygen atoms in total. The number of sulfonamides is 1. The first-order valence-corrected chi connectivity index (χ1v) is 8.66. The number of fused-ring (bicyclic) bond motifs is 1. The van der Waals surface area contributed by atoms with E-state index in [1.807, 2.05) is 6.07 Å². The van der Waals surface area contributed by atoms with E-state index in [2.05, 4.69) is 10.0 Å². The maximum atomic E-state index is 12.1. The smallest absolute Gasteiger partial charge is 0.265 e. The molecule has 1 heterocycles. The topological polar surface area (TPSA) is 84.5 Å². The summed E-state index contributed by atoms with van der Waals surface area (Å²) in [4.78, 5) is 12.2. The first-order chi connectivity index (χ1) is 11.1. The molecule has 7 heteroatoms. The molecule has 0 bridgehead atoms. The van der Waals surface area contributed by atoms with E-state index in [-0.39, 0.29) is 23.8 Å². The molecule has 1 aliphatic heterocycles. The van der Waals surface area contributed by atoms with Gasteiger partial charge in [-0.25, -0.2) is 13.1 Å². The second kappa shape index (κ2) is 6.39. The minimum atomic E-state index is -3.58. The van der Waals surface area contributed by atoms with Gasteiger partial charge in [-0.05, 0) is 24.3 Å². The molecule has 3 rings (SSSR count). The van der Waals surface area contributed by atoms with Gasteiger partial charge in [-0.1, -0.05) is 30.3 Å². The Morgan fingerprint density at radius 1 is 1.04 bits per heavy atom. The van der Waals surface area contributed by atoms with Gasteiger partial charge in [-0.15, -0.1) is 0 Å². The van der Waals surface area contributed by atoms with Crippen LogP contribution >= 0.6 is 0 Å². The molecular weight excluding hydrogens is 316 g/mol. The lowest BCUT2D eigenvalue weighted by molar-refractivity contribution is -0.123. The van der Waals surface area contributed by atoms with Crippen molar-refractivity contribution in [1.29, 1.82) is 0 Å². The van der Waals surface area contributed by atoms with Crippen molar-refractivity contribution >= 4 is 21.6 Å². The quantitative estimate of drug-likeness (QED) is 0.874. The summed E-state index contributed by atoms with van der Waals surface area (Å²) in [5, 5.41) is 2.75. The van der Waals surface area contributed by atoms with Crippen LogP contribution in [0.1, 0.15) is 6.42 Å². The molecule has 2 aromatic rings. The third-order valence-electron chi connectivity index (χ3n) is 3.46. The van der Waals surface area contributed by atoms with Gasteiger partial charge in [-0.3, -0.25) is 4.79 Å². The van der Waals surface area contributed by atoms with Crippen LogP contribution in [0, 0.1) is 0 Å². The SMILES string of the molecule is O=C1Nc2ccccc2OC1CCNS(=O)(=O)c1ccccc1. The highest BCUT2D eigenvalue weighted by molar-refractivity contribution is 7.89. The Balaban J connectivity index is 1.60. The predicted molar refractivity (Wildman–Crippen MR) is 85.7 cm³/mol. The van der Waals surface area contributed by atoms with Crippen LogP contribution in [-0.4, -0.2) is 27.0 Å². The summed E-state index contributed by atoms with van der Waals surface area (Å²) in [6.07, 6.45) is -0.477. The molecule has 120 valence electrons. The third-order valence-corrected chi connectivity index (χ3v) is 4.94. The summed E-state index contributed by atoms with van der Waals surface area (Å²) in [6.45, 7) is 0.109. The van der Waals surface area contributed by atoms with E-state index in [4.69, 9.17) is 4.74 Å². The standard InChI is InChI=1S/C16H16N2O4S/c19-16-15(22-14-9-5-4-8-13(14)18-16)10-11-17-23(20,21)12-6-2-1-3-7-12/h1-9,15,17H,10-11H2,(H,18,19). The van der Waals surface area contributed by atoms with Crippen molar-refractivity contribution < 1.29 is 17.9 Å². The van der Waals surface area contributed by atoms with Crippen LogP contribution in [-0.2, 0) is 14.8 Å². The van der Waals surface area contributed by atoms with Crippen LogP contribution < -0.4 is 14.8 Å². The molecule has 0 aromatic heterocycles. The summed E-state index contributed by atoms with van der Waals surface area (Å²) >= 11 is 0. The van der Waals surface area contributed by atoms with Gasteiger partial charge in [0.2, 0.25) is 10.0 Å². The van der Waals surface area contributed by atoms with Crippen LogP contribution in [0.15, 0.2) is 59.5 Å². The van der Waals surface area contributed by atoms with Gasteiger partial charge in [0.15, 0.2) is 6.10 Å². The Kier molecular flexibility index (Phi) is 4.31. The van der Waals surface area contributed by atoms with E-state index >= 15 is 0 Å². The average Bonchev–Trinajstić information content (AvgIpc) is 2.56. The number of rotatable bonds is 5. The molecule has 2 N–H and O–H groups in total. The lowest BCUT2D eigenvalue weighted by Gasteiger charge is -2.25. The highest BCUT2D eigenvalue weighted by Crippen LogP contribution is 2.29. The molecule has 23 heavy (non-hydrogen) atoms. The number of nitrogens with one attached hydrogen (secondary N) is 2. The molecular formula is C16H16N2O4S. The van der Waals surface area contributed by atoms with Crippen LogP contribution in [0.5, 0.6) is 5.75 Å². The first kappa shape index (κ1) is 15.5. The van der Waals surface area contributed by atoms with Crippen molar-refractivity contribution in [3.05, 3.63) is 54.6 Å². The molecule has 0 saturated heterocycles. The van der Waals surface area contributed by atoms with Crippen molar-refractivity contribution in [3.63, 3.8) is 0 Å². The highest BCUT2D eigenvalue weighted by atomic mass is 32.2. The Morgan fingerprint density at radius 3 is 2.52 bits per heavy atom. The summed E-state index contributed by atoms with van der Waals surface area (Å²) in [6, 6.07) is 15.2. The van der Waals surface area contributed by atoms with Gasteiger partial charge in [0.25, 0.3) is 5.91 Å². The number of hydrogen-bond donors (Lipinski definition) is 2. The van der Waals surface area contributed by atoms with Gasteiger partial charge < -0.3 is 10.1 Å². The van der Waals surface area contributed by atoms with E-state index in [0.29, 0.717) is 11.4 Å². The Bertz CT molecular complexity index is 806. The predicted octanol–water partition coefficient (Wildman–Crippen LogP) is 1.75. The van der Waals surface area contributed by atoms with E-state index < -0.39 is 16.1 Å². The Labute approximate surface area is 134 Å². The number of para-hydroxylation sites is 2. The summed E-state index contributed by atoms with van der Waals surface area (Å²) < 4.78 is 32.3. The number of hydrogen-bond acceptors (Lipinski definition) is 4.